The van der Waals surface area contributed by atoms with Gasteiger partial charge < -0.3 is 10.1 Å². The van der Waals surface area contributed by atoms with Gasteiger partial charge in [0.1, 0.15) is 5.75 Å². The summed E-state index contributed by atoms with van der Waals surface area (Å²) in [6, 6.07) is 13.9. The summed E-state index contributed by atoms with van der Waals surface area (Å²) >= 11 is 1.47. The summed E-state index contributed by atoms with van der Waals surface area (Å²) in [5.41, 5.74) is -0.399. The molecular formula is C21H15F3N4O2S. The SMILES string of the molecule is CSc1cccc(NC(=O)c2nnc(C(F)(F)F)cc2Oc2ccc(C#N)cc2C)c1. The Kier molecular flexibility index (Phi) is 6.46. The molecule has 0 atom stereocenters. The van der Waals surface area contributed by atoms with Crippen LogP contribution in [0, 0.1) is 18.3 Å². The highest BCUT2D eigenvalue weighted by molar-refractivity contribution is 7.98. The number of nitrogens with zero attached hydrogens (tertiary/aromatic N) is 3. The molecule has 0 radical (unpaired) electrons. The minimum atomic E-state index is -4.77. The van der Waals surface area contributed by atoms with Crippen molar-refractivity contribution in [1.82, 2.24) is 10.2 Å². The zero-order chi connectivity index (χ0) is 22.6. The van der Waals surface area contributed by atoms with E-state index >= 15 is 0 Å². The Balaban J connectivity index is 1.99. The van der Waals surface area contributed by atoms with Crippen molar-refractivity contribution >= 4 is 23.4 Å². The molecule has 0 fully saturated rings. The molecule has 1 amide bonds. The van der Waals surface area contributed by atoms with E-state index in [2.05, 4.69) is 15.5 Å². The average Bonchev–Trinajstić information content (AvgIpc) is 2.74. The fraction of sp³-hybridized carbons (Fsp3) is 0.143. The molecule has 0 spiro atoms. The predicted molar refractivity (Wildman–Crippen MR) is 109 cm³/mol. The lowest BCUT2D eigenvalue weighted by Gasteiger charge is -2.14. The third-order valence-electron chi connectivity index (χ3n) is 4.12. The molecule has 31 heavy (non-hydrogen) atoms. The molecule has 3 rings (SSSR count). The molecule has 10 heteroatoms. The zero-order valence-corrected chi connectivity index (χ0v) is 17.1. The van der Waals surface area contributed by atoms with Crippen LogP contribution in [-0.4, -0.2) is 22.4 Å². The molecule has 0 aliphatic carbocycles. The largest absolute Gasteiger partial charge is 0.454 e. The van der Waals surface area contributed by atoms with Crippen LogP contribution in [0.3, 0.4) is 0 Å². The van der Waals surface area contributed by atoms with E-state index in [0.29, 0.717) is 22.9 Å². The van der Waals surface area contributed by atoms with Gasteiger partial charge in [-0.25, -0.2) is 0 Å². The van der Waals surface area contributed by atoms with Gasteiger partial charge >= 0.3 is 6.18 Å². The number of halogens is 3. The standard InChI is InChI=1S/C21H15F3N4O2S/c1-12-8-13(11-25)6-7-16(12)30-17-10-18(21(22,23)24)27-28-19(17)20(29)26-14-4-3-5-15(9-14)31-2/h3-10H,1-2H3,(H,26,29). The number of hydrogen-bond donors (Lipinski definition) is 1. The van der Waals surface area contributed by atoms with Crippen LogP contribution >= 0.6 is 11.8 Å². The van der Waals surface area contributed by atoms with Gasteiger partial charge in [0, 0.05) is 16.6 Å². The average molecular weight is 444 g/mol. The smallest absolute Gasteiger partial charge is 0.435 e. The van der Waals surface area contributed by atoms with Gasteiger partial charge in [0.15, 0.2) is 17.1 Å². The highest BCUT2D eigenvalue weighted by Crippen LogP contribution is 2.34. The summed E-state index contributed by atoms with van der Waals surface area (Å²) in [6.07, 6.45) is -2.90. The predicted octanol–water partition coefficient (Wildman–Crippen LogP) is 5.44. The molecule has 0 unspecified atom stereocenters. The lowest BCUT2D eigenvalue weighted by molar-refractivity contribution is -0.141. The van der Waals surface area contributed by atoms with E-state index in [0.717, 1.165) is 4.90 Å². The number of benzene rings is 2. The maximum atomic E-state index is 13.2. The molecule has 0 saturated heterocycles. The Morgan fingerprint density at radius 1 is 1.13 bits per heavy atom. The van der Waals surface area contributed by atoms with Gasteiger partial charge in [-0.1, -0.05) is 6.07 Å². The molecule has 1 N–H and O–H groups in total. The van der Waals surface area contributed by atoms with E-state index in [1.807, 2.05) is 18.4 Å². The van der Waals surface area contributed by atoms with Gasteiger partial charge in [0.05, 0.1) is 11.6 Å². The number of nitriles is 1. The second-order valence-electron chi connectivity index (χ2n) is 6.32. The van der Waals surface area contributed by atoms with Crippen molar-refractivity contribution in [3.63, 3.8) is 0 Å². The normalized spacial score (nSPS) is 11.0. The van der Waals surface area contributed by atoms with Gasteiger partial charge in [-0.3, -0.25) is 4.79 Å². The number of thioether (sulfide) groups is 1. The van der Waals surface area contributed by atoms with Gasteiger partial charge in [0.25, 0.3) is 5.91 Å². The first-order valence-corrected chi connectivity index (χ1v) is 10.0. The van der Waals surface area contributed by atoms with E-state index < -0.39 is 29.2 Å². The second kappa shape index (κ2) is 9.06. The van der Waals surface area contributed by atoms with Crippen molar-refractivity contribution in [3.05, 3.63) is 71.0 Å². The van der Waals surface area contributed by atoms with Crippen molar-refractivity contribution in [1.29, 1.82) is 5.26 Å². The Morgan fingerprint density at radius 2 is 1.90 bits per heavy atom. The quantitative estimate of drug-likeness (QED) is 0.527. The molecule has 1 heterocycles. The van der Waals surface area contributed by atoms with E-state index in [-0.39, 0.29) is 5.75 Å². The van der Waals surface area contributed by atoms with Crippen molar-refractivity contribution in [2.24, 2.45) is 0 Å². The molecular weight excluding hydrogens is 429 g/mol. The molecule has 1 aromatic heterocycles. The Bertz CT molecular complexity index is 1180. The van der Waals surface area contributed by atoms with Crippen LogP contribution in [-0.2, 0) is 6.18 Å². The first-order valence-electron chi connectivity index (χ1n) is 8.80. The number of ether oxygens (including phenoxy) is 1. The van der Waals surface area contributed by atoms with Crippen LogP contribution in [0.4, 0.5) is 18.9 Å². The summed E-state index contributed by atoms with van der Waals surface area (Å²) in [5.74, 6) is -1.01. The number of aryl methyl sites for hydroxylation is 1. The molecule has 0 bridgehead atoms. The van der Waals surface area contributed by atoms with Crippen LogP contribution in [0.25, 0.3) is 0 Å². The maximum absolute atomic E-state index is 13.2. The summed E-state index contributed by atoms with van der Waals surface area (Å²) in [5, 5.41) is 18.2. The molecule has 3 aromatic rings. The fourth-order valence-corrected chi connectivity index (χ4v) is 3.05. The lowest BCUT2D eigenvalue weighted by Crippen LogP contribution is -2.18. The molecule has 158 valence electrons. The van der Waals surface area contributed by atoms with Crippen LogP contribution in [0.2, 0.25) is 0 Å². The third kappa shape index (κ3) is 5.32. The van der Waals surface area contributed by atoms with Crippen molar-refractivity contribution in [2.45, 2.75) is 18.0 Å². The number of hydrogen-bond acceptors (Lipinski definition) is 6. The van der Waals surface area contributed by atoms with Crippen LogP contribution in [0.1, 0.15) is 27.3 Å². The summed E-state index contributed by atoms with van der Waals surface area (Å²) < 4.78 is 45.1. The molecule has 6 nitrogen and oxygen atoms in total. The lowest BCUT2D eigenvalue weighted by atomic mass is 10.1. The van der Waals surface area contributed by atoms with E-state index in [9.17, 15) is 18.0 Å². The first-order chi connectivity index (χ1) is 14.7. The van der Waals surface area contributed by atoms with Crippen LogP contribution in [0.5, 0.6) is 11.5 Å². The Labute approximate surface area is 180 Å². The minimum absolute atomic E-state index is 0.179. The number of amides is 1. The number of carbonyl (C=O) groups excluding carboxylic acids is 1. The molecule has 2 aromatic carbocycles. The second-order valence-corrected chi connectivity index (χ2v) is 7.20. The van der Waals surface area contributed by atoms with Crippen molar-refractivity contribution in [3.8, 4) is 17.6 Å². The number of alkyl halides is 3. The van der Waals surface area contributed by atoms with Crippen molar-refractivity contribution in [2.75, 3.05) is 11.6 Å². The maximum Gasteiger partial charge on any atom is 0.435 e. The summed E-state index contributed by atoms with van der Waals surface area (Å²) in [6.45, 7) is 1.63. The summed E-state index contributed by atoms with van der Waals surface area (Å²) in [4.78, 5) is 13.6. The van der Waals surface area contributed by atoms with Crippen LogP contribution < -0.4 is 10.1 Å². The topological polar surface area (TPSA) is 87.9 Å². The monoisotopic (exact) mass is 444 g/mol. The summed E-state index contributed by atoms with van der Waals surface area (Å²) in [7, 11) is 0. The Hall–Kier alpha value is -3.58. The number of aromatic nitrogens is 2. The van der Waals surface area contributed by atoms with Crippen LogP contribution in [0.15, 0.2) is 53.4 Å². The van der Waals surface area contributed by atoms with Gasteiger partial charge in [-0.15, -0.1) is 22.0 Å². The Morgan fingerprint density at radius 3 is 2.55 bits per heavy atom. The highest BCUT2D eigenvalue weighted by atomic mass is 32.2. The third-order valence-corrected chi connectivity index (χ3v) is 4.84. The van der Waals surface area contributed by atoms with E-state index in [4.69, 9.17) is 10.00 Å². The zero-order valence-electron chi connectivity index (χ0n) is 16.3. The number of nitrogens with one attached hydrogen (secondary N) is 1. The first kappa shape index (κ1) is 22.1. The van der Waals surface area contributed by atoms with E-state index in [1.165, 1.54) is 30.0 Å². The molecule has 0 aliphatic heterocycles. The van der Waals surface area contributed by atoms with Gasteiger partial charge in [-0.2, -0.15) is 18.4 Å². The fourth-order valence-electron chi connectivity index (χ4n) is 2.59. The van der Waals surface area contributed by atoms with Gasteiger partial charge in [-0.05, 0) is 55.1 Å². The minimum Gasteiger partial charge on any atom is -0.454 e. The molecule has 0 saturated carbocycles. The molecule has 0 aliphatic rings. The van der Waals surface area contributed by atoms with E-state index in [1.54, 1.807) is 25.1 Å². The highest BCUT2D eigenvalue weighted by Gasteiger charge is 2.35. The number of carbonyl (C=O) groups is 1. The number of rotatable bonds is 5. The van der Waals surface area contributed by atoms with Gasteiger partial charge in [0.2, 0.25) is 0 Å². The van der Waals surface area contributed by atoms with Crippen molar-refractivity contribution < 1.29 is 22.7 Å². The number of anilines is 1.